The van der Waals surface area contributed by atoms with E-state index in [0.29, 0.717) is 49.9 Å². The van der Waals surface area contributed by atoms with Crippen molar-refractivity contribution >= 4 is 53.6 Å². The summed E-state index contributed by atoms with van der Waals surface area (Å²) in [6.45, 7) is 12.3. The lowest BCUT2D eigenvalue weighted by molar-refractivity contribution is -0.156. The summed E-state index contributed by atoms with van der Waals surface area (Å²) < 4.78 is 22.8. The number of aliphatic carboxylic acids is 1. The monoisotopic (exact) mass is 1050 g/mol. The molecule has 0 saturated heterocycles. The van der Waals surface area contributed by atoms with E-state index in [1.165, 1.54) is 27.8 Å². The summed E-state index contributed by atoms with van der Waals surface area (Å²) >= 11 is 0. The molecule has 0 fully saturated rings. The molecule has 2 aliphatic heterocycles. The maximum absolute atomic E-state index is 13.8. The predicted octanol–water partition coefficient (Wildman–Crippen LogP) is 10.6. The number of anilines is 2. The van der Waals surface area contributed by atoms with Gasteiger partial charge in [-0.1, -0.05) is 121 Å². The molecule has 0 unspecified atom stereocenters. The van der Waals surface area contributed by atoms with Gasteiger partial charge in [0.05, 0.1) is 43.5 Å². The molecule has 2 aliphatic rings. The number of nitrogens with zero attached hydrogens (tertiary/aromatic N) is 2. The normalized spacial score (nSPS) is 13.4. The second-order valence-corrected chi connectivity index (χ2v) is 20.6. The number of amides is 3. The lowest BCUT2D eigenvalue weighted by Crippen LogP contribution is -2.50. The van der Waals surface area contributed by atoms with Gasteiger partial charge in [0.1, 0.15) is 28.7 Å². The number of nitrogens with two attached hydrogens (primary N) is 1. The smallest absolute Gasteiger partial charge is 0.408 e. The van der Waals surface area contributed by atoms with E-state index in [-0.39, 0.29) is 31.2 Å². The summed E-state index contributed by atoms with van der Waals surface area (Å²) in [4.78, 5) is 65.7. The molecule has 76 heavy (non-hydrogen) atoms. The highest BCUT2D eigenvalue weighted by Gasteiger charge is 2.35. The second kappa shape index (κ2) is 26.2. The number of hydrogen-bond acceptors (Lipinski definition) is 10. The number of hydrogen-bond donors (Lipinski definition) is 3. The molecule has 14 nitrogen and oxygen atoms in total. The van der Waals surface area contributed by atoms with Crippen LogP contribution in [-0.4, -0.2) is 84.5 Å². The number of alkyl carbamates (subject to hydrolysis) is 1. The minimum atomic E-state index is -1.15. The number of carboxylic acids is 1. The van der Waals surface area contributed by atoms with E-state index in [0.717, 1.165) is 41.6 Å². The number of halogens is 1. The average Bonchev–Trinajstić information content (AvgIpc) is 4.01. The van der Waals surface area contributed by atoms with Gasteiger partial charge >= 0.3 is 18.0 Å². The number of carbonyl (C=O) groups excluding carboxylic acids is 4. The molecule has 3 amide bonds. The quantitative estimate of drug-likeness (QED) is 0.0738. The molecular weight excluding hydrogens is 984 g/mol. The van der Waals surface area contributed by atoms with E-state index in [2.05, 4.69) is 78.1 Å². The third kappa shape index (κ3) is 16.7. The van der Waals surface area contributed by atoms with Crippen LogP contribution in [0.15, 0.2) is 146 Å². The van der Waals surface area contributed by atoms with Crippen LogP contribution < -0.4 is 30.3 Å². The molecule has 8 rings (SSSR count). The van der Waals surface area contributed by atoms with Crippen LogP contribution in [0.2, 0.25) is 0 Å². The third-order valence-electron chi connectivity index (χ3n) is 12.4. The summed E-state index contributed by atoms with van der Waals surface area (Å²) in [6.07, 6.45) is 1.38. The highest BCUT2D eigenvalue weighted by molar-refractivity contribution is 6.02. The number of ether oxygens (including phenoxy) is 4. The Balaban J connectivity index is 0.000000253. The van der Waals surface area contributed by atoms with Gasteiger partial charge in [-0.25, -0.2) is 4.79 Å². The largest absolute Gasteiger partial charge is 0.493 e. The van der Waals surface area contributed by atoms with Gasteiger partial charge < -0.3 is 44.9 Å². The van der Waals surface area contributed by atoms with Crippen molar-refractivity contribution in [1.29, 1.82) is 0 Å². The van der Waals surface area contributed by atoms with Crippen LogP contribution in [0.25, 0.3) is 22.3 Å². The Morgan fingerprint density at radius 2 is 0.987 bits per heavy atom. The highest BCUT2D eigenvalue weighted by atomic mass is 35.5. The van der Waals surface area contributed by atoms with E-state index in [1.807, 2.05) is 72.8 Å². The Morgan fingerprint density at radius 3 is 1.41 bits per heavy atom. The third-order valence-corrected chi connectivity index (χ3v) is 12.4. The standard InChI is InChI=1S/C35H42N2O6.C26H26N2O4.ClH/c1-34(2,3)42-31(38)23-29(36-33(40)43-35(4,5)6)32(39)37-20-18-27-16-17-28(22-30(27)37)41-21-19-24-12-14-26(15-13-24)25-10-8-7-9-11-25;27-23(17-25(29)30)26(31)28-14-12-21-10-11-22(16-24(21)28)32-15-13-18-6-8-20(9-7-18)19-4-2-1-3-5-19;/h7-17,22,29H,18-21,23H2,1-6H3,(H,36,40);1-11,16,23H,12-15,17,27H2,(H,29,30);1H/t29-;23-;/m00./s1. The van der Waals surface area contributed by atoms with Gasteiger partial charge in [-0.2, -0.15) is 0 Å². The van der Waals surface area contributed by atoms with Crippen LogP contribution in [0, 0.1) is 0 Å². The molecule has 15 heteroatoms. The van der Waals surface area contributed by atoms with Crippen LogP contribution >= 0.6 is 12.4 Å². The zero-order valence-corrected chi connectivity index (χ0v) is 44.9. The second-order valence-electron chi connectivity index (χ2n) is 20.6. The molecule has 2 heterocycles. The first kappa shape index (κ1) is 57.6. The molecule has 0 radical (unpaired) electrons. The average molecular weight is 1050 g/mol. The summed E-state index contributed by atoms with van der Waals surface area (Å²) in [6, 6.07) is 46.6. The lowest BCUT2D eigenvalue weighted by atomic mass is 10.0. The molecule has 0 bridgehead atoms. The number of esters is 1. The molecule has 2 atom stereocenters. The van der Waals surface area contributed by atoms with Crippen molar-refractivity contribution in [3.05, 3.63) is 168 Å². The fourth-order valence-electron chi connectivity index (χ4n) is 8.78. The molecule has 6 aromatic carbocycles. The molecular formula is C61H69ClN4O10. The molecule has 400 valence electrons. The SMILES string of the molecule is CC(C)(C)OC(=O)C[C@H](NC(=O)OC(C)(C)C)C(=O)N1CCc2ccc(OCCc3ccc(-c4ccccc4)cc3)cc21.Cl.N[C@@H](CC(=O)O)C(=O)N1CCc2ccc(OCCc3ccc(-c4ccccc4)cc3)cc21. The zero-order chi connectivity index (χ0) is 53.7. The molecule has 0 saturated carbocycles. The van der Waals surface area contributed by atoms with Gasteiger partial charge in [-0.15, -0.1) is 12.4 Å². The first-order valence-corrected chi connectivity index (χ1v) is 25.4. The molecule has 0 aliphatic carbocycles. The Kier molecular flexibility index (Phi) is 19.9. The maximum atomic E-state index is 13.8. The Morgan fingerprint density at radius 1 is 0.566 bits per heavy atom. The fourth-order valence-corrected chi connectivity index (χ4v) is 8.78. The van der Waals surface area contributed by atoms with Crippen LogP contribution in [0.1, 0.15) is 76.6 Å². The van der Waals surface area contributed by atoms with Gasteiger partial charge in [0.25, 0.3) is 0 Å². The van der Waals surface area contributed by atoms with E-state index in [1.54, 1.807) is 51.3 Å². The number of benzene rings is 6. The van der Waals surface area contributed by atoms with Gasteiger partial charge in [0, 0.05) is 38.1 Å². The predicted molar refractivity (Wildman–Crippen MR) is 298 cm³/mol. The van der Waals surface area contributed by atoms with Crippen molar-refractivity contribution in [1.82, 2.24) is 5.32 Å². The van der Waals surface area contributed by atoms with Crippen molar-refractivity contribution in [3.63, 3.8) is 0 Å². The van der Waals surface area contributed by atoms with E-state index in [9.17, 15) is 24.0 Å². The van der Waals surface area contributed by atoms with Crippen LogP contribution in [0.5, 0.6) is 11.5 Å². The first-order chi connectivity index (χ1) is 35.8. The lowest BCUT2D eigenvalue weighted by Gasteiger charge is -2.27. The zero-order valence-electron chi connectivity index (χ0n) is 44.1. The number of rotatable bonds is 17. The Hall–Kier alpha value is -7.68. The van der Waals surface area contributed by atoms with Crippen molar-refractivity contribution in [2.75, 3.05) is 36.1 Å². The minimum absolute atomic E-state index is 0. The van der Waals surface area contributed by atoms with Crippen molar-refractivity contribution in [2.45, 2.75) is 103 Å². The number of carboxylic acid groups (broad SMARTS) is 1. The van der Waals surface area contributed by atoms with Crippen molar-refractivity contribution in [3.8, 4) is 33.8 Å². The van der Waals surface area contributed by atoms with Gasteiger partial charge in [0.15, 0.2) is 0 Å². The van der Waals surface area contributed by atoms with E-state index < -0.39 is 47.2 Å². The number of fused-ring (bicyclic) bond motifs is 2. The Bertz CT molecular complexity index is 2890. The van der Waals surface area contributed by atoms with Crippen LogP contribution in [-0.2, 0) is 54.3 Å². The van der Waals surface area contributed by atoms with Gasteiger partial charge in [0.2, 0.25) is 11.8 Å². The maximum Gasteiger partial charge on any atom is 0.408 e. The highest BCUT2D eigenvalue weighted by Crippen LogP contribution is 2.34. The first-order valence-electron chi connectivity index (χ1n) is 25.4. The molecule has 0 spiro atoms. The molecule has 6 aromatic rings. The number of carbonyl (C=O) groups is 5. The van der Waals surface area contributed by atoms with Crippen LogP contribution in [0.4, 0.5) is 16.2 Å². The van der Waals surface area contributed by atoms with Crippen molar-refractivity contribution in [2.24, 2.45) is 5.73 Å². The minimum Gasteiger partial charge on any atom is -0.493 e. The number of nitrogens with one attached hydrogen (secondary N) is 1. The Labute approximate surface area is 451 Å². The fraction of sp³-hybridized carbons (Fsp3) is 0.328. The van der Waals surface area contributed by atoms with Gasteiger partial charge in [-0.3, -0.25) is 19.2 Å². The van der Waals surface area contributed by atoms with Crippen molar-refractivity contribution < 1.29 is 48.0 Å². The topological polar surface area (TPSA) is 187 Å². The van der Waals surface area contributed by atoms with Crippen LogP contribution in [0.3, 0.4) is 0 Å². The summed E-state index contributed by atoms with van der Waals surface area (Å²) in [5.74, 6) is -1.14. The summed E-state index contributed by atoms with van der Waals surface area (Å²) in [5.41, 5.74) is 14.8. The van der Waals surface area contributed by atoms with E-state index >= 15 is 0 Å². The summed E-state index contributed by atoms with van der Waals surface area (Å²) in [5, 5.41) is 11.5. The molecule has 0 aromatic heterocycles. The van der Waals surface area contributed by atoms with E-state index in [4.69, 9.17) is 29.8 Å². The summed E-state index contributed by atoms with van der Waals surface area (Å²) in [7, 11) is 0. The van der Waals surface area contributed by atoms with Gasteiger partial charge in [-0.05, 0) is 111 Å². The molecule has 4 N–H and O–H groups in total.